The summed E-state index contributed by atoms with van der Waals surface area (Å²) in [6.07, 6.45) is 5.34. The van der Waals surface area contributed by atoms with E-state index in [-0.39, 0.29) is 5.91 Å². The molecule has 5 nitrogen and oxygen atoms in total. The minimum absolute atomic E-state index is 0.159. The number of carbonyl (C=O) groups is 1. The van der Waals surface area contributed by atoms with Crippen molar-refractivity contribution in [2.45, 2.75) is 57.5 Å². The Hall–Kier alpha value is -2.60. The van der Waals surface area contributed by atoms with Gasteiger partial charge in [-0.2, -0.15) is 0 Å². The lowest BCUT2D eigenvalue weighted by Crippen LogP contribution is -2.23. The molecule has 31 heavy (non-hydrogen) atoms. The molecule has 1 N–H and O–H groups in total. The second-order valence-electron chi connectivity index (χ2n) is 7.74. The molecular weight excluding hydrogens is 404 g/mol. The van der Waals surface area contributed by atoms with Crippen LogP contribution in [0.3, 0.4) is 0 Å². The highest BCUT2D eigenvalue weighted by Crippen LogP contribution is 2.25. The third-order valence-corrected chi connectivity index (χ3v) is 6.09. The number of benzene rings is 2. The van der Waals surface area contributed by atoms with Gasteiger partial charge in [0.15, 0.2) is 5.16 Å². The van der Waals surface area contributed by atoms with Crippen molar-refractivity contribution in [1.82, 2.24) is 20.1 Å². The van der Waals surface area contributed by atoms with Crippen LogP contribution in [0.15, 0.2) is 59.8 Å². The number of hydrogen-bond acceptors (Lipinski definition) is 4. The van der Waals surface area contributed by atoms with Crippen molar-refractivity contribution in [1.29, 1.82) is 0 Å². The molecule has 3 aromatic rings. The van der Waals surface area contributed by atoms with Crippen LogP contribution in [0.1, 0.15) is 56.0 Å². The van der Waals surface area contributed by atoms with Gasteiger partial charge in [0, 0.05) is 30.8 Å². The fourth-order valence-electron chi connectivity index (χ4n) is 3.28. The molecule has 6 heteroatoms. The topological polar surface area (TPSA) is 59.8 Å². The van der Waals surface area contributed by atoms with Crippen LogP contribution in [-0.4, -0.2) is 33.0 Å². The highest BCUT2D eigenvalue weighted by molar-refractivity contribution is 7.99. The van der Waals surface area contributed by atoms with Gasteiger partial charge < -0.3 is 5.32 Å². The molecule has 1 heterocycles. The molecule has 0 atom stereocenters. The van der Waals surface area contributed by atoms with Crippen molar-refractivity contribution in [3.63, 3.8) is 0 Å². The molecular formula is C25H32N4OS. The van der Waals surface area contributed by atoms with Crippen LogP contribution in [-0.2, 0) is 11.2 Å². The van der Waals surface area contributed by atoms with Gasteiger partial charge in [-0.05, 0) is 43.9 Å². The summed E-state index contributed by atoms with van der Waals surface area (Å²) in [6, 6.07) is 18.8. The third kappa shape index (κ3) is 7.24. The summed E-state index contributed by atoms with van der Waals surface area (Å²) in [7, 11) is 0. The highest BCUT2D eigenvalue weighted by atomic mass is 32.2. The Bertz CT molecular complexity index is 938. The molecule has 0 bridgehead atoms. The molecule has 2 aromatic carbocycles. The molecule has 0 saturated carbocycles. The minimum Gasteiger partial charge on any atom is -0.356 e. The first-order valence-electron chi connectivity index (χ1n) is 11.1. The van der Waals surface area contributed by atoms with E-state index in [4.69, 9.17) is 0 Å². The Labute approximate surface area is 189 Å². The highest BCUT2D eigenvalue weighted by Gasteiger charge is 2.15. The molecule has 0 fully saturated rings. The monoisotopic (exact) mass is 436 g/mol. The lowest BCUT2D eigenvalue weighted by Gasteiger charge is -2.11. The number of hydrogen-bond donors (Lipinski definition) is 1. The van der Waals surface area contributed by atoms with Gasteiger partial charge in [-0.3, -0.25) is 9.36 Å². The average molecular weight is 437 g/mol. The predicted octanol–water partition coefficient (Wildman–Crippen LogP) is 5.35. The summed E-state index contributed by atoms with van der Waals surface area (Å²) in [4.78, 5) is 11.9. The van der Waals surface area contributed by atoms with Gasteiger partial charge in [-0.15, -0.1) is 10.2 Å². The molecule has 0 saturated heterocycles. The summed E-state index contributed by atoms with van der Waals surface area (Å²) in [5, 5.41) is 12.9. The third-order valence-electron chi connectivity index (χ3n) is 5.08. The number of thioether (sulfide) groups is 1. The van der Waals surface area contributed by atoms with E-state index in [2.05, 4.69) is 82.5 Å². The van der Waals surface area contributed by atoms with Crippen molar-refractivity contribution in [2.24, 2.45) is 0 Å². The second kappa shape index (κ2) is 12.3. The van der Waals surface area contributed by atoms with Gasteiger partial charge in [-0.1, -0.05) is 73.1 Å². The van der Waals surface area contributed by atoms with Crippen molar-refractivity contribution < 1.29 is 4.79 Å². The minimum atomic E-state index is 0.159. The van der Waals surface area contributed by atoms with Crippen LogP contribution in [0.5, 0.6) is 0 Å². The van der Waals surface area contributed by atoms with Crippen molar-refractivity contribution >= 4 is 17.7 Å². The first kappa shape index (κ1) is 23.1. The van der Waals surface area contributed by atoms with E-state index in [0.29, 0.717) is 6.42 Å². The maximum Gasteiger partial charge on any atom is 0.219 e. The van der Waals surface area contributed by atoms with Crippen LogP contribution in [0, 0.1) is 6.92 Å². The van der Waals surface area contributed by atoms with E-state index in [9.17, 15) is 4.79 Å². The molecule has 0 aliphatic rings. The number of amides is 1. The average Bonchev–Trinajstić information content (AvgIpc) is 3.17. The van der Waals surface area contributed by atoms with Gasteiger partial charge in [0.2, 0.25) is 5.91 Å². The van der Waals surface area contributed by atoms with E-state index >= 15 is 0 Å². The van der Waals surface area contributed by atoms with E-state index in [0.717, 1.165) is 61.1 Å². The Kier molecular flexibility index (Phi) is 9.16. The number of carbonyl (C=O) groups excluding carboxylic acids is 1. The predicted molar refractivity (Wildman–Crippen MR) is 128 cm³/mol. The number of aryl methyl sites for hydroxylation is 1. The fourth-order valence-corrected chi connectivity index (χ4v) is 4.25. The Morgan fingerprint density at radius 2 is 1.77 bits per heavy atom. The summed E-state index contributed by atoms with van der Waals surface area (Å²) >= 11 is 1.71. The Balaban J connectivity index is 1.62. The molecule has 1 aromatic heterocycles. The fraction of sp³-hybridized carbons (Fsp3) is 0.400. The lowest BCUT2D eigenvalue weighted by molar-refractivity contribution is -0.121. The number of unbranched alkanes of at least 4 members (excludes halogenated alkanes) is 2. The quantitative estimate of drug-likeness (QED) is 0.307. The summed E-state index contributed by atoms with van der Waals surface area (Å²) < 4.78 is 2.16. The molecule has 0 radical (unpaired) electrons. The summed E-state index contributed by atoms with van der Waals surface area (Å²) in [6.45, 7) is 5.01. The number of aromatic nitrogens is 3. The maximum absolute atomic E-state index is 11.9. The van der Waals surface area contributed by atoms with Gasteiger partial charge in [0.25, 0.3) is 0 Å². The van der Waals surface area contributed by atoms with Crippen LogP contribution in [0.2, 0.25) is 0 Å². The number of nitrogens with one attached hydrogen (secondary N) is 1. The van der Waals surface area contributed by atoms with E-state index < -0.39 is 0 Å². The van der Waals surface area contributed by atoms with Gasteiger partial charge in [-0.25, -0.2) is 0 Å². The maximum atomic E-state index is 11.9. The normalized spacial score (nSPS) is 10.9. The van der Waals surface area contributed by atoms with Gasteiger partial charge in [0.1, 0.15) is 5.82 Å². The molecule has 0 unspecified atom stereocenters. The van der Waals surface area contributed by atoms with Gasteiger partial charge >= 0.3 is 0 Å². The van der Waals surface area contributed by atoms with Crippen molar-refractivity contribution in [2.75, 3.05) is 12.3 Å². The number of nitrogens with zero attached hydrogens (tertiary/aromatic N) is 3. The standard InChI is InChI=1S/C25H32N4OS/c1-3-4-17-26-24(30)12-8-9-18-31-25-28-27-23(19-21-10-6-5-7-11-21)29(25)22-15-13-20(2)14-16-22/h5-7,10-11,13-16H,3-4,8-9,12,17-19H2,1-2H3,(H,26,30). The number of rotatable bonds is 12. The molecule has 0 spiro atoms. The largest absolute Gasteiger partial charge is 0.356 e. The van der Waals surface area contributed by atoms with E-state index in [1.807, 2.05) is 6.07 Å². The van der Waals surface area contributed by atoms with Crippen molar-refractivity contribution in [3.8, 4) is 5.69 Å². The zero-order chi connectivity index (χ0) is 21.9. The van der Waals surface area contributed by atoms with Crippen LogP contribution < -0.4 is 5.32 Å². The smallest absolute Gasteiger partial charge is 0.219 e. The SMILES string of the molecule is CCCCNC(=O)CCCCSc1nnc(Cc2ccccc2)n1-c1ccc(C)cc1. The molecule has 0 aliphatic heterocycles. The van der Waals surface area contributed by atoms with E-state index in [1.165, 1.54) is 11.1 Å². The second-order valence-corrected chi connectivity index (χ2v) is 8.80. The molecule has 0 aliphatic carbocycles. The first-order chi connectivity index (χ1) is 15.2. The summed E-state index contributed by atoms with van der Waals surface area (Å²) in [5.74, 6) is 2.01. The molecule has 164 valence electrons. The van der Waals surface area contributed by atoms with Crippen LogP contribution >= 0.6 is 11.8 Å². The molecule has 1 amide bonds. The van der Waals surface area contributed by atoms with Crippen LogP contribution in [0.4, 0.5) is 0 Å². The molecule has 3 rings (SSSR count). The van der Waals surface area contributed by atoms with Gasteiger partial charge in [0.05, 0.1) is 0 Å². The Morgan fingerprint density at radius 3 is 2.52 bits per heavy atom. The zero-order valence-corrected chi connectivity index (χ0v) is 19.3. The van der Waals surface area contributed by atoms with Crippen LogP contribution in [0.25, 0.3) is 5.69 Å². The lowest BCUT2D eigenvalue weighted by atomic mass is 10.1. The zero-order valence-electron chi connectivity index (χ0n) is 18.5. The van der Waals surface area contributed by atoms with Crippen molar-refractivity contribution in [3.05, 3.63) is 71.5 Å². The van der Waals surface area contributed by atoms with E-state index in [1.54, 1.807) is 11.8 Å². The summed E-state index contributed by atoms with van der Waals surface area (Å²) in [5.41, 5.74) is 3.53. The first-order valence-corrected chi connectivity index (χ1v) is 12.1. The Morgan fingerprint density at radius 1 is 1.00 bits per heavy atom.